The molecule has 1 aliphatic heterocycles. The number of piperidine rings is 1. The normalized spacial score (nSPS) is 21.1. The van der Waals surface area contributed by atoms with Crippen molar-refractivity contribution in [1.82, 2.24) is 4.90 Å². The van der Waals surface area contributed by atoms with E-state index in [4.69, 9.17) is 5.11 Å². The van der Waals surface area contributed by atoms with Crippen molar-refractivity contribution in [3.05, 3.63) is 35.6 Å². The summed E-state index contributed by atoms with van der Waals surface area (Å²) in [7, 11) is 0. The van der Waals surface area contributed by atoms with Gasteiger partial charge in [0.25, 0.3) is 0 Å². The molecule has 1 N–H and O–H groups in total. The quantitative estimate of drug-likeness (QED) is 0.873. The van der Waals surface area contributed by atoms with Gasteiger partial charge in [-0.3, -0.25) is 9.69 Å². The number of hydrogen-bond donors (Lipinski definition) is 1. The minimum atomic E-state index is -0.724. The van der Waals surface area contributed by atoms with Gasteiger partial charge < -0.3 is 5.11 Å². The van der Waals surface area contributed by atoms with E-state index >= 15 is 0 Å². The summed E-state index contributed by atoms with van der Waals surface area (Å²) in [5, 5.41) is 8.87. The predicted octanol–water partition coefficient (Wildman–Crippen LogP) is 3.48. The lowest BCUT2D eigenvalue weighted by atomic mass is 9.94. The van der Waals surface area contributed by atoms with Crippen molar-refractivity contribution >= 4 is 5.97 Å². The lowest BCUT2D eigenvalue weighted by molar-refractivity contribution is -0.137. The molecule has 0 aromatic heterocycles. The Morgan fingerprint density at radius 2 is 2.29 bits per heavy atom. The number of carbonyl (C=O) groups is 1. The van der Waals surface area contributed by atoms with Crippen LogP contribution in [0.4, 0.5) is 4.39 Å². The third kappa shape index (κ3) is 4.81. The largest absolute Gasteiger partial charge is 0.481 e. The molecule has 1 saturated heterocycles. The summed E-state index contributed by atoms with van der Waals surface area (Å²) in [5.74, 6) is -0.918. The topological polar surface area (TPSA) is 40.5 Å². The van der Waals surface area contributed by atoms with E-state index in [9.17, 15) is 9.18 Å². The van der Waals surface area contributed by atoms with Crippen LogP contribution in [-0.2, 0) is 11.2 Å². The van der Waals surface area contributed by atoms with Gasteiger partial charge in [0.2, 0.25) is 0 Å². The minimum Gasteiger partial charge on any atom is -0.481 e. The highest BCUT2D eigenvalue weighted by Crippen LogP contribution is 2.24. The zero-order valence-corrected chi connectivity index (χ0v) is 12.6. The maximum atomic E-state index is 13.3. The van der Waals surface area contributed by atoms with Crippen molar-refractivity contribution < 1.29 is 14.3 Å². The van der Waals surface area contributed by atoms with E-state index in [2.05, 4.69) is 11.8 Å². The highest BCUT2D eigenvalue weighted by molar-refractivity contribution is 5.66. The Morgan fingerprint density at radius 1 is 1.48 bits per heavy atom. The fourth-order valence-electron chi connectivity index (χ4n) is 3.33. The molecule has 2 unspecified atom stereocenters. The summed E-state index contributed by atoms with van der Waals surface area (Å²) in [6.45, 7) is 3.17. The molecule has 2 atom stereocenters. The lowest BCUT2D eigenvalue weighted by Crippen LogP contribution is -2.46. The second-order valence-electron chi connectivity index (χ2n) is 6.00. The average molecular weight is 293 g/mol. The smallest absolute Gasteiger partial charge is 0.303 e. The molecule has 1 fully saturated rings. The maximum absolute atomic E-state index is 13.3. The predicted molar refractivity (Wildman–Crippen MR) is 80.8 cm³/mol. The second kappa shape index (κ2) is 7.55. The Balaban J connectivity index is 1.97. The van der Waals surface area contributed by atoms with Crippen LogP contribution in [0, 0.1) is 5.82 Å². The van der Waals surface area contributed by atoms with Gasteiger partial charge in [-0.05, 0) is 56.8 Å². The highest BCUT2D eigenvalue weighted by atomic mass is 19.1. The molecule has 0 radical (unpaired) electrons. The van der Waals surface area contributed by atoms with Crippen LogP contribution in [0.1, 0.15) is 44.6 Å². The lowest BCUT2D eigenvalue weighted by Gasteiger charge is -2.40. The maximum Gasteiger partial charge on any atom is 0.303 e. The van der Waals surface area contributed by atoms with Gasteiger partial charge >= 0.3 is 5.97 Å². The molecule has 21 heavy (non-hydrogen) atoms. The van der Waals surface area contributed by atoms with Crippen LogP contribution in [0.5, 0.6) is 0 Å². The molecule has 0 aliphatic carbocycles. The van der Waals surface area contributed by atoms with Gasteiger partial charge in [0, 0.05) is 18.5 Å². The summed E-state index contributed by atoms with van der Waals surface area (Å²) < 4.78 is 13.3. The van der Waals surface area contributed by atoms with Gasteiger partial charge in [0.05, 0.1) is 0 Å². The number of halogens is 1. The molecule has 2 rings (SSSR count). The van der Waals surface area contributed by atoms with E-state index in [1.165, 1.54) is 12.5 Å². The van der Waals surface area contributed by atoms with Gasteiger partial charge in [0.1, 0.15) is 5.82 Å². The number of rotatable bonds is 6. The summed E-state index contributed by atoms with van der Waals surface area (Å²) in [4.78, 5) is 13.2. The van der Waals surface area contributed by atoms with Crippen LogP contribution in [0.2, 0.25) is 0 Å². The molecule has 0 spiro atoms. The van der Waals surface area contributed by atoms with Crippen LogP contribution in [-0.4, -0.2) is 34.6 Å². The third-order valence-corrected chi connectivity index (χ3v) is 4.35. The number of carboxylic acids is 1. The first kappa shape index (κ1) is 16.0. The van der Waals surface area contributed by atoms with Crippen molar-refractivity contribution in [2.24, 2.45) is 0 Å². The fraction of sp³-hybridized carbons (Fsp3) is 0.588. The summed E-state index contributed by atoms with van der Waals surface area (Å²) in [5.41, 5.74) is 1.00. The van der Waals surface area contributed by atoms with E-state index < -0.39 is 5.97 Å². The molecule has 4 heteroatoms. The average Bonchev–Trinajstić information content (AvgIpc) is 2.45. The first-order valence-corrected chi connectivity index (χ1v) is 7.78. The first-order chi connectivity index (χ1) is 10.1. The minimum absolute atomic E-state index is 0.194. The molecule has 1 aromatic rings. The molecule has 0 amide bonds. The molecule has 1 aromatic carbocycles. The van der Waals surface area contributed by atoms with Gasteiger partial charge in [0.15, 0.2) is 0 Å². The molecular weight excluding hydrogens is 269 g/mol. The SMILES string of the molecule is CC(Cc1cccc(F)c1)N1CCCCC1CCC(=O)O. The second-order valence-corrected chi connectivity index (χ2v) is 6.00. The zero-order valence-electron chi connectivity index (χ0n) is 12.6. The Bertz CT molecular complexity index is 478. The number of benzene rings is 1. The number of nitrogens with zero attached hydrogens (tertiary/aromatic N) is 1. The third-order valence-electron chi connectivity index (χ3n) is 4.35. The van der Waals surface area contributed by atoms with Gasteiger partial charge in [-0.2, -0.15) is 0 Å². The molecule has 0 saturated carbocycles. The summed E-state index contributed by atoms with van der Waals surface area (Å²) in [6.07, 6.45) is 5.16. The summed E-state index contributed by atoms with van der Waals surface area (Å²) in [6, 6.07) is 7.41. The Kier molecular flexibility index (Phi) is 5.74. The van der Waals surface area contributed by atoms with E-state index in [1.807, 2.05) is 6.07 Å². The number of hydrogen-bond acceptors (Lipinski definition) is 2. The van der Waals surface area contributed by atoms with Crippen molar-refractivity contribution in [2.75, 3.05) is 6.54 Å². The van der Waals surface area contributed by atoms with E-state index in [0.29, 0.717) is 18.5 Å². The molecule has 3 nitrogen and oxygen atoms in total. The monoisotopic (exact) mass is 293 g/mol. The molecule has 1 heterocycles. The van der Waals surface area contributed by atoms with E-state index in [-0.39, 0.29) is 12.2 Å². The standard InChI is InChI=1S/C17H24FNO2/c1-13(11-14-5-4-6-15(18)12-14)19-10-3-2-7-16(19)8-9-17(20)21/h4-6,12-13,16H,2-3,7-11H2,1H3,(H,20,21). The van der Waals surface area contributed by atoms with E-state index in [1.54, 1.807) is 12.1 Å². The van der Waals surface area contributed by atoms with Crippen molar-refractivity contribution in [3.8, 4) is 0 Å². The van der Waals surface area contributed by atoms with Crippen LogP contribution in [0.25, 0.3) is 0 Å². The fourth-order valence-corrected chi connectivity index (χ4v) is 3.33. The number of aliphatic carboxylic acids is 1. The number of carboxylic acid groups (broad SMARTS) is 1. The molecule has 116 valence electrons. The van der Waals surface area contributed by atoms with E-state index in [0.717, 1.165) is 31.4 Å². The van der Waals surface area contributed by atoms with Crippen LogP contribution in [0.15, 0.2) is 24.3 Å². The molecular formula is C17H24FNO2. The zero-order chi connectivity index (χ0) is 15.2. The van der Waals surface area contributed by atoms with Crippen molar-refractivity contribution in [1.29, 1.82) is 0 Å². The van der Waals surface area contributed by atoms with Gasteiger partial charge in [-0.15, -0.1) is 0 Å². The molecule has 1 aliphatic rings. The highest BCUT2D eigenvalue weighted by Gasteiger charge is 2.26. The molecule has 0 bridgehead atoms. The number of likely N-dealkylation sites (tertiary alicyclic amines) is 1. The Hall–Kier alpha value is -1.42. The van der Waals surface area contributed by atoms with Crippen molar-refractivity contribution in [3.63, 3.8) is 0 Å². The van der Waals surface area contributed by atoms with Crippen LogP contribution in [0.3, 0.4) is 0 Å². The summed E-state index contributed by atoms with van der Waals surface area (Å²) >= 11 is 0. The van der Waals surface area contributed by atoms with Gasteiger partial charge in [-0.1, -0.05) is 18.6 Å². The van der Waals surface area contributed by atoms with Crippen LogP contribution < -0.4 is 0 Å². The van der Waals surface area contributed by atoms with Crippen molar-refractivity contribution in [2.45, 2.75) is 57.5 Å². The van der Waals surface area contributed by atoms with Gasteiger partial charge in [-0.25, -0.2) is 4.39 Å². The Morgan fingerprint density at radius 3 is 3.00 bits per heavy atom. The van der Waals surface area contributed by atoms with Crippen LogP contribution >= 0.6 is 0 Å². The Labute approximate surface area is 125 Å². The first-order valence-electron chi connectivity index (χ1n) is 7.78.